The molecule has 0 aromatic heterocycles. The number of rotatable bonds is 5. The smallest absolute Gasteiger partial charge is 0.138 e. The number of hydrogen-bond acceptors (Lipinski definition) is 4. The maximum absolute atomic E-state index is 11.4. The van der Waals surface area contributed by atoms with Crippen molar-refractivity contribution in [3.05, 3.63) is 35.9 Å². The largest absolute Gasteiger partial charge is 0.394 e. The Morgan fingerprint density at radius 3 is 2.67 bits per heavy atom. The molecule has 18 heavy (non-hydrogen) atoms. The molecule has 0 spiro atoms. The van der Waals surface area contributed by atoms with Crippen molar-refractivity contribution in [1.29, 1.82) is 0 Å². The van der Waals surface area contributed by atoms with E-state index in [-0.39, 0.29) is 24.6 Å². The van der Waals surface area contributed by atoms with Crippen molar-refractivity contribution in [2.45, 2.75) is 31.7 Å². The van der Waals surface area contributed by atoms with Crippen LogP contribution in [0.15, 0.2) is 30.3 Å². The molecule has 0 aliphatic carbocycles. The van der Waals surface area contributed by atoms with Crippen molar-refractivity contribution in [3.63, 3.8) is 0 Å². The van der Waals surface area contributed by atoms with Gasteiger partial charge in [-0.2, -0.15) is 0 Å². The van der Waals surface area contributed by atoms with Gasteiger partial charge in [0, 0.05) is 12.8 Å². The molecule has 2 rings (SSSR count). The van der Waals surface area contributed by atoms with E-state index in [1.165, 1.54) is 0 Å². The first-order chi connectivity index (χ1) is 8.78. The molecule has 1 fully saturated rings. The van der Waals surface area contributed by atoms with Gasteiger partial charge in [-0.3, -0.25) is 4.79 Å². The van der Waals surface area contributed by atoms with Crippen molar-refractivity contribution >= 4 is 5.78 Å². The van der Waals surface area contributed by atoms with Gasteiger partial charge in [-0.15, -0.1) is 0 Å². The van der Waals surface area contributed by atoms with Crippen LogP contribution in [0.5, 0.6) is 0 Å². The number of hydrogen-bond donors (Lipinski definition) is 1. The van der Waals surface area contributed by atoms with Crippen LogP contribution in [0.1, 0.15) is 18.4 Å². The highest BCUT2D eigenvalue weighted by molar-refractivity contribution is 5.80. The Hall–Kier alpha value is -1.23. The van der Waals surface area contributed by atoms with E-state index in [1.807, 2.05) is 30.3 Å². The van der Waals surface area contributed by atoms with Gasteiger partial charge in [-0.1, -0.05) is 30.3 Å². The minimum absolute atomic E-state index is 0.110. The van der Waals surface area contributed by atoms with Gasteiger partial charge < -0.3 is 14.6 Å². The molecule has 1 N–H and O–H groups in total. The van der Waals surface area contributed by atoms with Crippen molar-refractivity contribution in [2.24, 2.45) is 0 Å². The summed E-state index contributed by atoms with van der Waals surface area (Å²) in [5, 5.41) is 9.01. The lowest BCUT2D eigenvalue weighted by Gasteiger charge is -2.27. The van der Waals surface area contributed by atoms with E-state index in [4.69, 9.17) is 14.6 Å². The Bertz CT molecular complexity index is 377. The Balaban J connectivity index is 1.74. The second-order valence-electron chi connectivity index (χ2n) is 4.51. The van der Waals surface area contributed by atoms with Crippen LogP contribution in [0.3, 0.4) is 0 Å². The minimum atomic E-state index is -0.364. The molecule has 4 nitrogen and oxygen atoms in total. The first-order valence-corrected chi connectivity index (χ1v) is 6.17. The molecule has 0 saturated carbocycles. The van der Waals surface area contributed by atoms with E-state index >= 15 is 0 Å². The zero-order chi connectivity index (χ0) is 12.8. The quantitative estimate of drug-likeness (QED) is 0.856. The average Bonchev–Trinajstić information content (AvgIpc) is 2.39. The summed E-state index contributed by atoms with van der Waals surface area (Å²) in [6.07, 6.45) is 0.0976. The van der Waals surface area contributed by atoms with Crippen LogP contribution in [0.25, 0.3) is 0 Å². The fraction of sp³-hybridized carbons (Fsp3) is 0.500. The van der Waals surface area contributed by atoms with Gasteiger partial charge >= 0.3 is 0 Å². The van der Waals surface area contributed by atoms with Crippen molar-refractivity contribution < 1.29 is 19.4 Å². The molecular weight excluding hydrogens is 232 g/mol. The Labute approximate surface area is 107 Å². The molecule has 0 radical (unpaired) electrons. The van der Waals surface area contributed by atoms with E-state index in [1.54, 1.807) is 0 Å². The van der Waals surface area contributed by atoms with Gasteiger partial charge in [-0.05, 0) is 5.56 Å². The number of aliphatic hydroxyl groups is 1. The second kappa shape index (κ2) is 6.64. The number of ether oxygens (including phenoxy) is 2. The van der Waals surface area contributed by atoms with Gasteiger partial charge in [0.1, 0.15) is 5.78 Å². The van der Waals surface area contributed by atoms with E-state index in [9.17, 15) is 4.79 Å². The fourth-order valence-electron chi connectivity index (χ4n) is 2.05. The Morgan fingerprint density at radius 1 is 1.22 bits per heavy atom. The molecule has 1 aliphatic rings. The highest BCUT2D eigenvalue weighted by Gasteiger charge is 2.27. The molecule has 98 valence electrons. The van der Waals surface area contributed by atoms with Crippen LogP contribution in [0.4, 0.5) is 0 Å². The minimum Gasteiger partial charge on any atom is -0.394 e. The lowest BCUT2D eigenvalue weighted by atomic mass is 10.0. The molecule has 2 atom stereocenters. The van der Waals surface area contributed by atoms with Crippen LogP contribution in [-0.4, -0.2) is 36.3 Å². The zero-order valence-electron chi connectivity index (χ0n) is 10.2. The molecule has 0 bridgehead atoms. The predicted octanol–water partition coefficient (Wildman–Crippen LogP) is 1.31. The number of ketones is 1. The van der Waals surface area contributed by atoms with Gasteiger partial charge in [-0.25, -0.2) is 0 Å². The number of carbonyl (C=O) groups is 1. The first kappa shape index (κ1) is 13.2. The summed E-state index contributed by atoms with van der Waals surface area (Å²) < 4.78 is 11.1. The SMILES string of the molecule is O=C1C[C@@H](CO)O[C@@H](COCc2ccccc2)C1. The number of aliphatic hydroxyl groups excluding tert-OH is 1. The highest BCUT2D eigenvalue weighted by atomic mass is 16.5. The van der Waals surface area contributed by atoms with Crippen molar-refractivity contribution in [2.75, 3.05) is 13.2 Å². The summed E-state index contributed by atoms with van der Waals surface area (Å²) in [4.78, 5) is 11.4. The second-order valence-corrected chi connectivity index (χ2v) is 4.51. The molecule has 1 aromatic rings. The standard InChI is InChI=1S/C14H18O4/c15-8-13-6-12(16)7-14(18-13)10-17-9-11-4-2-1-3-5-11/h1-5,13-15H,6-10H2/t13-,14+/m0/s1. The monoisotopic (exact) mass is 250 g/mol. The van der Waals surface area contributed by atoms with Crippen LogP contribution in [0.2, 0.25) is 0 Å². The molecule has 1 aliphatic heterocycles. The molecule has 1 heterocycles. The summed E-state index contributed by atoms with van der Waals surface area (Å²) in [5.74, 6) is 0.133. The lowest BCUT2D eigenvalue weighted by Crippen LogP contribution is -2.37. The average molecular weight is 250 g/mol. The summed E-state index contributed by atoms with van der Waals surface area (Å²) in [6.45, 7) is 0.788. The first-order valence-electron chi connectivity index (χ1n) is 6.17. The maximum atomic E-state index is 11.4. The topological polar surface area (TPSA) is 55.8 Å². The Kier molecular flexibility index (Phi) is 4.87. The highest BCUT2D eigenvalue weighted by Crippen LogP contribution is 2.16. The maximum Gasteiger partial charge on any atom is 0.138 e. The molecule has 0 amide bonds. The van der Waals surface area contributed by atoms with Crippen molar-refractivity contribution in [1.82, 2.24) is 0 Å². The van der Waals surface area contributed by atoms with E-state index in [0.29, 0.717) is 26.1 Å². The van der Waals surface area contributed by atoms with Crippen LogP contribution in [-0.2, 0) is 20.9 Å². The van der Waals surface area contributed by atoms with Gasteiger partial charge in [0.25, 0.3) is 0 Å². The summed E-state index contributed by atoms with van der Waals surface area (Å²) in [6, 6.07) is 9.85. The molecule has 0 unspecified atom stereocenters. The van der Waals surface area contributed by atoms with Crippen LogP contribution >= 0.6 is 0 Å². The van der Waals surface area contributed by atoms with Crippen molar-refractivity contribution in [3.8, 4) is 0 Å². The van der Waals surface area contributed by atoms with Gasteiger partial charge in [0.15, 0.2) is 0 Å². The van der Waals surface area contributed by atoms with Crippen LogP contribution < -0.4 is 0 Å². The Morgan fingerprint density at radius 2 is 1.94 bits per heavy atom. The number of Topliss-reactive ketones (excluding diaryl/α,β-unsaturated/α-hetero) is 1. The molecule has 4 heteroatoms. The number of benzene rings is 1. The molecule has 1 aromatic carbocycles. The zero-order valence-corrected chi connectivity index (χ0v) is 10.2. The fourth-order valence-corrected chi connectivity index (χ4v) is 2.05. The summed E-state index contributed by atoms with van der Waals surface area (Å²) in [5.41, 5.74) is 1.10. The van der Waals surface area contributed by atoms with Crippen LogP contribution in [0, 0.1) is 0 Å². The van der Waals surface area contributed by atoms with E-state index < -0.39 is 0 Å². The van der Waals surface area contributed by atoms with E-state index in [2.05, 4.69) is 0 Å². The van der Waals surface area contributed by atoms with Gasteiger partial charge in [0.2, 0.25) is 0 Å². The third kappa shape index (κ3) is 3.91. The predicted molar refractivity (Wildman–Crippen MR) is 66.1 cm³/mol. The lowest BCUT2D eigenvalue weighted by molar-refractivity contribution is -0.144. The molecular formula is C14H18O4. The summed E-state index contributed by atoms with van der Waals surface area (Å²) in [7, 11) is 0. The summed E-state index contributed by atoms with van der Waals surface area (Å²) >= 11 is 0. The van der Waals surface area contributed by atoms with E-state index in [0.717, 1.165) is 5.56 Å². The number of carbonyl (C=O) groups excluding carboxylic acids is 1. The third-order valence-electron chi connectivity index (χ3n) is 2.91. The molecule has 1 saturated heterocycles. The third-order valence-corrected chi connectivity index (χ3v) is 2.91. The van der Waals surface area contributed by atoms with Gasteiger partial charge in [0.05, 0.1) is 32.0 Å². The normalized spacial score (nSPS) is 24.2.